The molecule has 17 heavy (non-hydrogen) atoms. The fraction of sp³-hybridized carbons (Fsp3) is 0.333. The maximum absolute atomic E-state index is 11.4. The molecule has 0 aliphatic heterocycles. The van der Waals surface area contributed by atoms with Crippen molar-refractivity contribution in [2.75, 3.05) is 6.61 Å². The van der Waals surface area contributed by atoms with E-state index in [1.165, 1.54) is 0 Å². The maximum Gasteiger partial charge on any atom is 0.310 e. The van der Waals surface area contributed by atoms with Gasteiger partial charge in [0.2, 0.25) is 0 Å². The molecule has 0 fully saturated rings. The van der Waals surface area contributed by atoms with Crippen molar-refractivity contribution in [1.82, 2.24) is 0 Å². The van der Waals surface area contributed by atoms with Crippen molar-refractivity contribution >= 4 is 18.6 Å². The second-order valence-corrected chi connectivity index (χ2v) is 3.92. The van der Waals surface area contributed by atoms with Gasteiger partial charge in [-0.25, -0.2) is 0 Å². The Morgan fingerprint density at radius 1 is 1.53 bits per heavy atom. The van der Waals surface area contributed by atoms with Gasteiger partial charge in [-0.15, -0.1) is 12.6 Å². The van der Waals surface area contributed by atoms with E-state index in [9.17, 15) is 4.79 Å². The Hall–Kier alpha value is -1.51. The molecule has 0 spiro atoms. The van der Waals surface area contributed by atoms with E-state index in [4.69, 9.17) is 15.7 Å². The minimum absolute atomic E-state index is 0.0811. The van der Waals surface area contributed by atoms with Gasteiger partial charge in [0.1, 0.15) is 0 Å². The zero-order valence-electron chi connectivity index (χ0n) is 9.56. The SMILES string of the molecule is CCOC(=O)Cc1cc(CN)c(S)cc1C#N. The Labute approximate surface area is 106 Å². The van der Waals surface area contributed by atoms with E-state index in [1.807, 2.05) is 6.07 Å². The predicted octanol–water partition coefficient (Wildman–Crippen LogP) is 1.41. The van der Waals surface area contributed by atoms with E-state index in [1.54, 1.807) is 19.1 Å². The van der Waals surface area contributed by atoms with Gasteiger partial charge in [-0.1, -0.05) is 6.07 Å². The highest BCUT2D eigenvalue weighted by Gasteiger charge is 2.11. The van der Waals surface area contributed by atoms with Crippen LogP contribution in [0.3, 0.4) is 0 Å². The third-order valence-electron chi connectivity index (χ3n) is 2.28. The van der Waals surface area contributed by atoms with Crippen LogP contribution in [0.1, 0.15) is 23.6 Å². The molecule has 0 heterocycles. The summed E-state index contributed by atoms with van der Waals surface area (Å²) < 4.78 is 4.85. The smallest absolute Gasteiger partial charge is 0.310 e. The van der Waals surface area contributed by atoms with Gasteiger partial charge >= 0.3 is 5.97 Å². The highest BCUT2D eigenvalue weighted by Crippen LogP contribution is 2.20. The van der Waals surface area contributed by atoms with Gasteiger partial charge in [0.05, 0.1) is 24.7 Å². The number of carbonyl (C=O) groups is 1. The summed E-state index contributed by atoms with van der Waals surface area (Å²) in [6, 6.07) is 5.40. The number of ether oxygens (including phenoxy) is 1. The summed E-state index contributed by atoms with van der Waals surface area (Å²) in [5, 5.41) is 8.98. The van der Waals surface area contributed by atoms with Crippen LogP contribution < -0.4 is 5.73 Å². The molecule has 4 nitrogen and oxygen atoms in total. The first-order valence-corrected chi connectivity index (χ1v) is 5.67. The van der Waals surface area contributed by atoms with Crippen molar-refractivity contribution in [2.45, 2.75) is 24.8 Å². The van der Waals surface area contributed by atoms with Crippen molar-refractivity contribution in [2.24, 2.45) is 5.73 Å². The quantitative estimate of drug-likeness (QED) is 0.626. The van der Waals surface area contributed by atoms with Gasteiger partial charge in [-0.05, 0) is 24.1 Å². The van der Waals surface area contributed by atoms with E-state index in [-0.39, 0.29) is 12.4 Å². The molecule has 0 amide bonds. The lowest BCUT2D eigenvalue weighted by atomic mass is 10.0. The molecule has 0 aliphatic rings. The molecule has 0 saturated heterocycles. The summed E-state index contributed by atoms with van der Waals surface area (Å²) in [6.07, 6.45) is 0.0811. The van der Waals surface area contributed by atoms with Crippen LogP contribution in [-0.2, 0) is 22.5 Å². The molecule has 0 aromatic heterocycles. The fourth-order valence-electron chi connectivity index (χ4n) is 1.47. The summed E-state index contributed by atoms with van der Waals surface area (Å²) in [7, 11) is 0. The molecule has 0 unspecified atom stereocenters. The second-order valence-electron chi connectivity index (χ2n) is 3.44. The van der Waals surface area contributed by atoms with Gasteiger partial charge in [0.25, 0.3) is 0 Å². The molecular formula is C12H14N2O2S. The zero-order chi connectivity index (χ0) is 12.8. The molecule has 0 bridgehead atoms. The number of rotatable bonds is 4. The Kier molecular flexibility index (Phi) is 5.01. The first-order valence-electron chi connectivity index (χ1n) is 5.22. The first kappa shape index (κ1) is 13.6. The van der Waals surface area contributed by atoms with Crippen molar-refractivity contribution < 1.29 is 9.53 Å². The second kappa shape index (κ2) is 6.28. The molecule has 1 aromatic carbocycles. The van der Waals surface area contributed by atoms with Crippen LogP contribution in [0.2, 0.25) is 0 Å². The number of benzene rings is 1. The molecule has 0 radical (unpaired) electrons. The van der Waals surface area contributed by atoms with Crippen LogP contribution in [-0.4, -0.2) is 12.6 Å². The highest BCUT2D eigenvalue weighted by molar-refractivity contribution is 7.80. The first-order chi connectivity index (χ1) is 8.12. The van der Waals surface area contributed by atoms with E-state index < -0.39 is 0 Å². The van der Waals surface area contributed by atoms with E-state index in [0.717, 1.165) is 5.56 Å². The number of nitrogens with two attached hydrogens (primary N) is 1. The molecule has 1 rings (SSSR count). The molecule has 5 heteroatoms. The standard InChI is InChI=1S/C12H14N2O2S/c1-2-16-12(15)5-8-3-10(7-14)11(17)4-9(8)6-13/h3-4,17H,2,5,7,14H2,1H3. The molecule has 0 saturated carbocycles. The third-order valence-corrected chi connectivity index (χ3v) is 2.70. The highest BCUT2D eigenvalue weighted by atomic mass is 32.1. The van der Waals surface area contributed by atoms with Crippen LogP contribution in [0.4, 0.5) is 0 Å². The average molecular weight is 250 g/mol. The van der Waals surface area contributed by atoms with Crippen molar-refractivity contribution in [3.05, 3.63) is 28.8 Å². The lowest BCUT2D eigenvalue weighted by molar-refractivity contribution is -0.142. The summed E-state index contributed by atoms with van der Waals surface area (Å²) in [5.74, 6) is -0.348. The molecule has 0 atom stereocenters. The van der Waals surface area contributed by atoms with Gasteiger partial charge in [-0.2, -0.15) is 5.26 Å². The minimum atomic E-state index is -0.348. The van der Waals surface area contributed by atoms with Crippen molar-refractivity contribution in [3.63, 3.8) is 0 Å². The molecule has 90 valence electrons. The van der Waals surface area contributed by atoms with E-state index in [2.05, 4.69) is 12.6 Å². The van der Waals surface area contributed by atoms with Gasteiger partial charge in [-0.3, -0.25) is 4.79 Å². The summed E-state index contributed by atoms with van der Waals surface area (Å²) in [4.78, 5) is 12.0. The van der Waals surface area contributed by atoms with Crippen molar-refractivity contribution in [1.29, 1.82) is 5.26 Å². The predicted molar refractivity (Wildman–Crippen MR) is 66.6 cm³/mol. The Balaban J connectivity index is 3.05. The number of carbonyl (C=O) groups excluding carboxylic acids is 1. The Bertz CT molecular complexity index is 466. The normalized spacial score (nSPS) is 9.76. The number of esters is 1. The number of nitriles is 1. The van der Waals surface area contributed by atoms with Crippen molar-refractivity contribution in [3.8, 4) is 6.07 Å². The lowest BCUT2D eigenvalue weighted by Crippen LogP contribution is -2.10. The largest absolute Gasteiger partial charge is 0.466 e. The summed E-state index contributed by atoms with van der Waals surface area (Å²) in [5.41, 5.74) is 7.42. The number of hydrogen-bond donors (Lipinski definition) is 2. The Morgan fingerprint density at radius 2 is 2.24 bits per heavy atom. The molecule has 2 N–H and O–H groups in total. The average Bonchev–Trinajstić information content (AvgIpc) is 2.31. The van der Waals surface area contributed by atoms with Gasteiger partial charge in [0, 0.05) is 11.4 Å². The fourth-order valence-corrected chi connectivity index (χ4v) is 1.75. The molecule has 0 aliphatic carbocycles. The summed E-state index contributed by atoms with van der Waals surface area (Å²) >= 11 is 4.23. The van der Waals surface area contributed by atoms with Crippen LogP contribution in [0.5, 0.6) is 0 Å². The lowest BCUT2D eigenvalue weighted by Gasteiger charge is -2.08. The number of thiol groups is 1. The number of nitrogens with zero attached hydrogens (tertiary/aromatic N) is 1. The minimum Gasteiger partial charge on any atom is -0.466 e. The monoisotopic (exact) mass is 250 g/mol. The maximum atomic E-state index is 11.4. The molecular weight excluding hydrogens is 236 g/mol. The third kappa shape index (κ3) is 3.48. The van der Waals surface area contributed by atoms with Crippen LogP contribution >= 0.6 is 12.6 Å². The van der Waals surface area contributed by atoms with Gasteiger partial charge in [0.15, 0.2) is 0 Å². The van der Waals surface area contributed by atoms with Crippen LogP contribution in [0.25, 0.3) is 0 Å². The topological polar surface area (TPSA) is 76.1 Å². The molecule has 1 aromatic rings. The Morgan fingerprint density at radius 3 is 2.76 bits per heavy atom. The van der Waals surface area contributed by atoms with Crippen LogP contribution in [0, 0.1) is 11.3 Å². The van der Waals surface area contributed by atoms with Gasteiger partial charge < -0.3 is 10.5 Å². The van der Waals surface area contributed by atoms with E-state index in [0.29, 0.717) is 29.2 Å². The van der Waals surface area contributed by atoms with E-state index >= 15 is 0 Å². The van der Waals surface area contributed by atoms with Crippen LogP contribution in [0.15, 0.2) is 17.0 Å². The summed E-state index contributed by atoms with van der Waals surface area (Å²) in [6.45, 7) is 2.39. The number of hydrogen-bond acceptors (Lipinski definition) is 5. The zero-order valence-corrected chi connectivity index (χ0v) is 10.5.